The van der Waals surface area contributed by atoms with E-state index >= 15 is 0 Å². The molecule has 0 bridgehead atoms. The molecule has 1 aromatic carbocycles. The number of nitrogens with one attached hydrogen (secondary N) is 2. The molecule has 0 fully saturated rings. The molecule has 2 aromatic rings. The molecule has 0 saturated heterocycles. The number of aromatic nitrogens is 2. The lowest BCUT2D eigenvalue weighted by atomic mass is 10.1. The molecule has 154 valence electrons. The lowest BCUT2D eigenvalue weighted by Gasteiger charge is -2.17. The van der Waals surface area contributed by atoms with Crippen molar-refractivity contribution < 1.29 is 14.4 Å². The predicted molar refractivity (Wildman–Crippen MR) is 111 cm³/mol. The van der Waals surface area contributed by atoms with Crippen LogP contribution in [0, 0.1) is 0 Å². The minimum atomic E-state index is -0.337. The van der Waals surface area contributed by atoms with E-state index in [1.165, 1.54) is 6.92 Å². The maximum absolute atomic E-state index is 12.9. The normalized spacial score (nSPS) is 12.9. The van der Waals surface area contributed by atoms with Gasteiger partial charge in [-0.3, -0.25) is 14.4 Å². The van der Waals surface area contributed by atoms with E-state index in [9.17, 15) is 14.4 Å². The fourth-order valence-electron chi connectivity index (χ4n) is 3.53. The molecule has 0 atom stereocenters. The van der Waals surface area contributed by atoms with Crippen LogP contribution in [-0.2, 0) is 13.0 Å². The van der Waals surface area contributed by atoms with Gasteiger partial charge in [0.15, 0.2) is 17.3 Å². The zero-order chi connectivity index (χ0) is 20.8. The van der Waals surface area contributed by atoms with Gasteiger partial charge < -0.3 is 15.2 Å². The second-order valence-electron chi connectivity index (χ2n) is 7.39. The Balaban J connectivity index is 1.77. The van der Waals surface area contributed by atoms with Gasteiger partial charge in [0.25, 0.3) is 11.8 Å². The fraction of sp³-hybridized carbons (Fsp3) is 0.455. The zero-order valence-electron chi connectivity index (χ0n) is 17.1. The molecule has 7 nitrogen and oxygen atoms in total. The van der Waals surface area contributed by atoms with Crippen LogP contribution in [0.2, 0.25) is 0 Å². The van der Waals surface area contributed by atoms with Crippen LogP contribution in [0.15, 0.2) is 24.3 Å². The van der Waals surface area contributed by atoms with Crippen LogP contribution in [0.3, 0.4) is 0 Å². The average molecular weight is 396 g/mol. The monoisotopic (exact) mass is 396 g/mol. The van der Waals surface area contributed by atoms with E-state index in [0.29, 0.717) is 35.9 Å². The molecular weight excluding hydrogens is 368 g/mol. The molecule has 29 heavy (non-hydrogen) atoms. The first kappa shape index (κ1) is 20.8. The summed E-state index contributed by atoms with van der Waals surface area (Å²) in [6, 6.07) is 6.74. The predicted octanol–water partition coefficient (Wildman–Crippen LogP) is 3.59. The van der Waals surface area contributed by atoms with Crippen molar-refractivity contribution in [3.05, 3.63) is 47.0 Å². The third-order valence-corrected chi connectivity index (χ3v) is 5.15. The van der Waals surface area contributed by atoms with E-state index in [1.54, 1.807) is 24.3 Å². The van der Waals surface area contributed by atoms with E-state index in [4.69, 9.17) is 0 Å². The number of nitrogens with zero attached hydrogens (tertiary/aromatic N) is 2. The summed E-state index contributed by atoms with van der Waals surface area (Å²) in [5.74, 6) is -0.278. The number of Topliss-reactive ketones (excluding diaryl/α,β-unsaturated/α-hetero) is 1. The van der Waals surface area contributed by atoms with Gasteiger partial charge in [0.1, 0.15) is 0 Å². The standard InChI is InChI=1S/C22H28N4O3/c1-3-4-6-13-23-22(29)20-25-19(18-8-5-7-14-26(18)20)21(28)24-17-11-9-16(10-12-17)15(2)27/h9-12H,3-8,13-14H2,1-2H3,(H,23,29)(H,24,28). The Labute approximate surface area is 170 Å². The quantitative estimate of drug-likeness (QED) is 0.527. The smallest absolute Gasteiger partial charge is 0.287 e. The SMILES string of the molecule is CCCCCNC(=O)c1nc(C(=O)Nc2ccc(C(C)=O)cc2)c2n1CCCC2. The molecule has 1 aliphatic heterocycles. The zero-order valence-corrected chi connectivity index (χ0v) is 17.1. The van der Waals surface area contributed by atoms with Gasteiger partial charge in [-0.2, -0.15) is 0 Å². The summed E-state index contributed by atoms with van der Waals surface area (Å²) in [6.07, 6.45) is 5.74. The minimum absolute atomic E-state index is 0.0272. The summed E-state index contributed by atoms with van der Waals surface area (Å²) in [5, 5.41) is 5.75. The van der Waals surface area contributed by atoms with Gasteiger partial charge in [0.2, 0.25) is 0 Å². The molecule has 0 saturated carbocycles. The van der Waals surface area contributed by atoms with E-state index < -0.39 is 0 Å². The first-order chi connectivity index (χ1) is 14.0. The molecule has 0 spiro atoms. The second kappa shape index (κ2) is 9.49. The molecule has 0 aliphatic carbocycles. The number of imidazole rings is 1. The highest BCUT2D eigenvalue weighted by atomic mass is 16.2. The fourth-order valence-corrected chi connectivity index (χ4v) is 3.53. The van der Waals surface area contributed by atoms with Gasteiger partial charge in [-0.05, 0) is 56.9 Å². The Morgan fingerprint density at radius 3 is 2.52 bits per heavy atom. The maximum atomic E-state index is 12.9. The van der Waals surface area contributed by atoms with Crippen molar-refractivity contribution in [2.45, 2.75) is 58.9 Å². The molecule has 7 heteroatoms. The first-order valence-corrected chi connectivity index (χ1v) is 10.3. The summed E-state index contributed by atoms with van der Waals surface area (Å²) >= 11 is 0. The van der Waals surface area contributed by atoms with E-state index in [0.717, 1.165) is 44.2 Å². The highest BCUT2D eigenvalue weighted by Gasteiger charge is 2.27. The molecule has 1 aliphatic rings. The highest BCUT2D eigenvalue weighted by molar-refractivity contribution is 6.05. The van der Waals surface area contributed by atoms with E-state index in [1.807, 2.05) is 4.57 Å². The van der Waals surface area contributed by atoms with Crippen LogP contribution >= 0.6 is 0 Å². The molecule has 2 heterocycles. The van der Waals surface area contributed by atoms with Crippen molar-refractivity contribution in [1.82, 2.24) is 14.9 Å². The van der Waals surface area contributed by atoms with E-state index in [-0.39, 0.29) is 17.6 Å². The Morgan fingerprint density at radius 2 is 1.83 bits per heavy atom. The van der Waals surface area contributed by atoms with Crippen LogP contribution in [0.5, 0.6) is 0 Å². The number of amides is 2. The number of hydrogen-bond donors (Lipinski definition) is 2. The Morgan fingerprint density at radius 1 is 1.07 bits per heavy atom. The number of benzene rings is 1. The van der Waals surface area contributed by atoms with Gasteiger partial charge in [-0.15, -0.1) is 0 Å². The summed E-state index contributed by atoms with van der Waals surface area (Å²) in [4.78, 5) is 41.3. The van der Waals surface area contributed by atoms with Gasteiger partial charge in [0, 0.05) is 24.3 Å². The second-order valence-corrected chi connectivity index (χ2v) is 7.39. The average Bonchev–Trinajstić information content (AvgIpc) is 3.11. The van der Waals surface area contributed by atoms with Crippen LogP contribution in [0.1, 0.15) is 83.1 Å². The first-order valence-electron chi connectivity index (χ1n) is 10.3. The maximum Gasteiger partial charge on any atom is 0.287 e. The number of unbranched alkanes of at least 4 members (excludes halogenated alkanes) is 2. The third-order valence-electron chi connectivity index (χ3n) is 5.15. The minimum Gasteiger partial charge on any atom is -0.349 e. The number of rotatable bonds is 8. The number of ketones is 1. The lowest BCUT2D eigenvalue weighted by Crippen LogP contribution is -2.28. The Bertz CT molecular complexity index is 900. The number of carbonyl (C=O) groups excluding carboxylic acids is 3. The Hall–Kier alpha value is -2.96. The van der Waals surface area contributed by atoms with Crippen LogP contribution in [0.4, 0.5) is 5.69 Å². The summed E-state index contributed by atoms with van der Waals surface area (Å²) < 4.78 is 1.88. The summed E-state index contributed by atoms with van der Waals surface area (Å²) in [5.41, 5.74) is 2.29. The molecule has 3 rings (SSSR count). The van der Waals surface area contributed by atoms with Crippen LogP contribution < -0.4 is 10.6 Å². The van der Waals surface area contributed by atoms with Crippen molar-refractivity contribution in [2.24, 2.45) is 0 Å². The molecule has 2 N–H and O–H groups in total. The van der Waals surface area contributed by atoms with E-state index in [2.05, 4.69) is 22.5 Å². The van der Waals surface area contributed by atoms with Crippen molar-refractivity contribution in [1.29, 1.82) is 0 Å². The van der Waals surface area contributed by atoms with Gasteiger partial charge in [-0.1, -0.05) is 19.8 Å². The molecule has 1 aromatic heterocycles. The number of hydrogen-bond acceptors (Lipinski definition) is 4. The van der Waals surface area contributed by atoms with Crippen molar-refractivity contribution in [3.63, 3.8) is 0 Å². The topological polar surface area (TPSA) is 93.1 Å². The lowest BCUT2D eigenvalue weighted by molar-refractivity contribution is 0.0936. The largest absolute Gasteiger partial charge is 0.349 e. The molecular formula is C22H28N4O3. The number of anilines is 1. The number of fused-ring (bicyclic) bond motifs is 1. The van der Waals surface area contributed by atoms with Crippen LogP contribution in [-0.4, -0.2) is 33.7 Å². The summed E-state index contributed by atoms with van der Waals surface area (Å²) in [7, 11) is 0. The molecule has 0 unspecified atom stereocenters. The van der Waals surface area contributed by atoms with Gasteiger partial charge >= 0.3 is 0 Å². The van der Waals surface area contributed by atoms with Gasteiger partial charge in [0.05, 0.1) is 5.69 Å². The van der Waals surface area contributed by atoms with Crippen molar-refractivity contribution in [3.8, 4) is 0 Å². The highest BCUT2D eigenvalue weighted by Crippen LogP contribution is 2.22. The van der Waals surface area contributed by atoms with Crippen molar-refractivity contribution in [2.75, 3.05) is 11.9 Å². The third kappa shape index (κ3) is 4.91. The van der Waals surface area contributed by atoms with Crippen LogP contribution in [0.25, 0.3) is 0 Å². The number of carbonyl (C=O) groups is 3. The van der Waals surface area contributed by atoms with Gasteiger partial charge in [-0.25, -0.2) is 4.98 Å². The summed E-state index contributed by atoms with van der Waals surface area (Å²) in [6.45, 7) is 4.92. The van der Waals surface area contributed by atoms with Crippen molar-refractivity contribution >= 4 is 23.3 Å². The molecule has 2 amide bonds. The molecule has 0 radical (unpaired) electrons. The Kier molecular flexibility index (Phi) is 6.80.